The van der Waals surface area contributed by atoms with E-state index < -0.39 is 78.4 Å². The van der Waals surface area contributed by atoms with Crippen LogP contribution in [-0.4, -0.2) is 110 Å². The lowest BCUT2D eigenvalue weighted by Crippen LogP contribution is -2.60. The smallest absolute Gasteiger partial charge is 0.326 e. The van der Waals surface area contributed by atoms with Gasteiger partial charge in [0.25, 0.3) is 0 Å². The molecule has 1 fully saturated rings. The van der Waals surface area contributed by atoms with Gasteiger partial charge in [-0.05, 0) is 53.6 Å². The number of aromatic amines is 2. The van der Waals surface area contributed by atoms with E-state index in [1.165, 1.54) is 4.90 Å². The second kappa shape index (κ2) is 20.7. The first-order valence-corrected chi connectivity index (χ1v) is 21.3. The van der Waals surface area contributed by atoms with Crippen molar-refractivity contribution < 1.29 is 39.0 Å². The molecule has 0 saturated carbocycles. The van der Waals surface area contributed by atoms with Crippen LogP contribution in [0.4, 0.5) is 0 Å². The number of carboxylic acid groups (broad SMARTS) is 1. The predicted molar refractivity (Wildman–Crippen MR) is 239 cm³/mol. The molecule has 332 valence electrons. The molecule has 1 aliphatic rings. The molecule has 0 spiro atoms. The van der Waals surface area contributed by atoms with E-state index in [2.05, 4.69) is 31.2 Å². The quantitative estimate of drug-likeness (QED) is 0.0578. The zero-order valence-corrected chi connectivity index (χ0v) is 35.0. The molecule has 3 heterocycles. The summed E-state index contributed by atoms with van der Waals surface area (Å²) in [5, 5.41) is 32.8. The summed E-state index contributed by atoms with van der Waals surface area (Å²) in [6, 6.07) is 25.4. The Morgan fingerprint density at radius 1 is 0.609 bits per heavy atom. The number of aromatic nitrogens is 2. The first-order chi connectivity index (χ1) is 31.0. The van der Waals surface area contributed by atoms with Gasteiger partial charge in [-0.15, -0.1) is 0 Å². The van der Waals surface area contributed by atoms with Crippen molar-refractivity contribution in [1.82, 2.24) is 36.1 Å². The van der Waals surface area contributed by atoms with Crippen molar-refractivity contribution in [2.45, 2.75) is 74.8 Å². The number of aliphatic carboxylic acids is 1. The van der Waals surface area contributed by atoms with Crippen LogP contribution in [0.5, 0.6) is 0 Å². The highest BCUT2D eigenvalue weighted by molar-refractivity contribution is 5.97. The van der Waals surface area contributed by atoms with Crippen molar-refractivity contribution in [3.63, 3.8) is 0 Å². The average molecular weight is 869 g/mol. The minimum absolute atomic E-state index is 0.000821. The van der Waals surface area contributed by atoms with Crippen LogP contribution >= 0.6 is 0 Å². The van der Waals surface area contributed by atoms with Crippen molar-refractivity contribution in [3.05, 3.63) is 144 Å². The Morgan fingerprint density at radius 2 is 1.11 bits per heavy atom. The molecule has 10 N–H and O–H groups in total. The van der Waals surface area contributed by atoms with Gasteiger partial charge in [-0.25, -0.2) is 4.79 Å². The summed E-state index contributed by atoms with van der Waals surface area (Å²) >= 11 is 0. The third-order valence-electron chi connectivity index (χ3n) is 11.6. The standard InChI is InChI=1S/C48H52N8O8/c49-35(24-31-26-50-36-18-9-7-16-33(31)36)43(58)55-41(28-57)45(60)52-38(22-29-12-3-1-4-13-29)44(59)53-39(25-32-27-51-37-19-10-8-17-34(32)37)47(62)56-21-11-20-42(56)46(61)54-40(48(63)64)23-30-14-5-2-6-15-30/h1-10,12-19,26-27,35,38-42,50-51,57H,11,20-25,28,49H2,(H,52,60)(H,53,59)(H,54,61)(H,55,58)(H,63,64)/t35-,38-,39-,40-,41-,42-/m0/s1. The van der Waals surface area contributed by atoms with E-state index in [0.29, 0.717) is 23.1 Å². The fraction of sp³-hybridized carbons (Fsp3) is 0.292. The first kappa shape index (κ1) is 44.7. The summed E-state index contributed by atoms with van der Waals surface area (Å²) < 4.78 is 0. The van der Waals surface area contributed by atoms with E-state index in [-0.39, 0.29) is 38.6 Å². The number of nitrogens with zero attached hydrogens (tertiary/aromatic N) is 1. The summed E-state index contributed by atoms with van der Waals surface area (Å²) in [5.74, 6) is -4.69. The fourth-order valence-electron chi connectivity index (χ4n) is 8.25. The predicted octanol–water partition coefficient (Wildman–Crippen LogP) is 2.25. The highest BCUT2D eigenvalue weighted by atomic mass is 16.4. The van der Waals surface area contributed by atoms with Gasteiger partial charge in [0, 0.05) is 60.0 Å². The molecule has 16 heteroatoms. The normalized spacial score (nSPS) is 16.0. The number of hydrogen-bond donors (Lipinski definition) is 9. The molecule has 2 aromatic heterocycles. The molecule has 7 rings (SSSR count). The molecule has 0 bridgehead atoms. The number of carbonyl (C=O) groups excluding carboxylic acids is 5. The van der Waals surface area contributed by atoms with Gasteiger partial charge in [-0.3, -0.25) is 24.0 Å². The van der Waals surface area contributed by atoms with Gasteiger partial charge in [0.05, 0.1) is 12.6 Å². The number of likely N-dealkylation sites (tertiary alicyclic amines) is 1. The first-order valence-electron chi connectivity index (χ1n) is 21.3. The van der Waals surface area contributed by atoms with Gasteiger partial charge in [0.2, 0.25) is 29.5 Å². The maximum atomic E-state index is 14.7. The molecule has 5 amide bonds. The van der Waals surface area contributed by atoms with Gasteiger partial charge in [0.1, 0.15) is 30.2 Å². The van der Waals surface area contributed by atoms with Crippen LogP contribution in [0, 0.1) is 0 Å². The monoisotopic (exact) mass is 868 g/mol. The van der Waals surface area contributed by atoms with Crippen molar-refractivity contribution >= 4 is 57.3 Å². The van der Waals surface area contributed by atoms with Crippen LogP contribution in [0.3, 0.4) is 0 Å². The van der Waals surface area contributed by atoms with Crippen LogP contribution < -0.4 is 27.0 Å². The Hall–Kier alpha value is -7.30. The molecular weight excluding hydrogens is 817 g/mol. The van der Waals surface area contributed by atoms with Crippen molar-refractivity contribution in [2.75, 3.05) is 13.2 Å². The van der Waals surface area contributed by atoms with Crippen LogP contribution in [0.2, 0.25) is 0 Å². The van der Waals surface area contributed by atoms with Gasteiger partial charge < -0.3 is 52.1 Å². The highest BCUT2D eigenvalue weighted by Crippen LogP contribution is 2.24. The van der Waals surface area contributed by atoms with Crippen molar-refractivity contribution in [3.8, 4) is 0 Å². The zero-order chi connectivity index (χ0) is 45.2. The number of rotatable bonds is 19. The van der Waals surface area contributed by atoms with Crippen LogP contribution in [0.1, 0.15) is 35.1 Å². The second-order valence-electron chi connectivity index (χ2n) is 16.1. The van der Waals surface area contributed by atoms with Crippen molar-refractivity contribution in [2.24, 2.45) is 5.73 Å². The maximum absolute atomic E-state index is 14.7. The molecule has 16 nitrogen and oxygen atoms in total. The molecule has 6 atom stereocenters. The SMILES string of the molecule is N[C@@H](Cc1c[nH]c2ccccc12)C(=O)N[C@@H](CO)C(=O)N[C@@H](Cc1ccccc1)C(=O)N[C@@H](Cc1c[nH]c2ccccc12)C(=O)N1CCC[C@H]1C(=O)N[C@@H](Cc1ccccc1)C(=O)O. The number of hydrogen-bond acceptors (Lipinski definition) is 8. The number of nitrogens with one attached hydrogen (secondary N) is 6. The summed E-state index contributed by atoms with van der Waals surface area (Å²) in [6.45, 7) is -0.622. The zero-order valence-electron chi connectivity index (χ0n) is 35.0. The summed E-state index contributed by atoms with van der Waals surface area (Å²) in [6.07, 6.45) is 4.40. The lowest BCUT2D eigenvalue weighted by molar-refractivity contribution is -0.145. The largest absolute Gasteiger partial charge is 0.480 e. The Kier molecular flexibility index (Phi) is 14.5. The highest BCUT2D eigenvalue weighted by Gasteiger charge is 2.40. The van der Waals surface area contributed by atoms with Crippen LogP contribution in [0.25, 0.3) is 21.8 Å². The van der Waals surface area contributed by atoms with E-state index in [1.54, 1.807) is 73.1 Å². The Bertz CT molecular complexity index is 2600. The Morgan fingerprint density at radius 3 is 1.69 bits per heavy atom. The van der Waals surface area contributed by atoms with Gasteiger partial charge in [0.15, 0.2) is 0 Å². The van der Waals surface area contributed by atoms with E-state index in [4.69, 9.17) is 5.73 Å². The molecule has 0 aliphatic carbocycles. The van der Waals surface area contributed by atoms with Crippen LogP contribution in [-0.2, 0) is 54.5 Å². The number of carbonyl (C=O) groups is 6. The molecule has 6 aromatic rings. The van der Waals surface area contributed by atoms with Crippen molar-refractivity contribution in [1.29, 1.82) is 0 Å². The molecular formula is C48H52N8O8. The number of fused-ring (bicyclic) bond motifs is 2. The molecule has 64 heavy (non-hydrogen) atoms. The van der Waals surface area contributed by atoms with E-state index in [9.17, 15) is 39.0 Å². The number of aliphatic hydroxyl groups is 1. The van der Waals surface area contributed by atoms with Crippen LogP contribution in [0.15, 0.2) is 122 Å². The molecule has 1 aliphatic heterocycles. The topological polar surface area (TPSA) is 252 Å². The Labute approximate surface area is 369 Å². The molecule has 0 radical (unpaired) electrons. The third-order valence-corrected chi connectivity index (χ3v) is 11.6. The number of amides is 5. The third kappa shape index (κ3) is 10.8. The second-order valence-corrected chi connectivity index (χ2v) is 16.1. The summed E-state index contributed by atoms with van der Waals surface area (Å²) in [5.41, 5.74) is 10.9. The number of benzene rings is 4. The van der Waals surface area contributed by atoms with Gasteiger partial charge >= 0.3 is 5.97 Å². The van der Waals surface area contributed by atoms with E-state index in [0.717, 1.165) is 27.4 Å². The maximum Gasteiger partial charge on any atom is 0.326 e. The summed E-state index contributed by atoms with van der Waals surface area (Å²) in [4.78, 5) is 90.2. The number of H-pyrrole nitrogens is 2. The molecule has 0 unspecified atom stereocenters. The minimum Gasteiger partial charge on any atom is -0.480 e. The number of para-hydroxylation sites is 2. The molecule has 4 aromatic carbocycles. The summed E-state index contributed by atoms with van der Waals surface area (Å²) in [7, 11) is 0. The van der Waals surface area contributed by atoms with Gasteiger partial charge in [-0.2, -0.15) is 0 Å². The molecule has 1 saturated heterocycles. The Balaban J connectivity index is 1.10. The number of nitrogens with two attached hydrogens (primary N) is 1. The average Bonchev–Trinajstić information content (AvgIpc) is 4.07. The number of aliphatic hydroxyl groups excluding tert-OH is 1. The van der Waals surface area contributed by atoms with E-state index >= 15 is 0 Å². The number of carboxylic acids is 1. The van der Waals surface area contributed by atoms with E-state index in [1.807, 2.05) is 48.5 Å². The lowest BCUT2D eigenvalue weighted by atomic mass is 10.0. The fourth-order valence-corrected chi connectivity index (χ4v) is 8.25. The van der Waals surface area contributed by atoms with Gasteiger partial charge in [-0.1, -0.05) is 97.1 Å². The lowest BCUT2D eigenvalue weighted by Gasteiger charge is -2.30. The minimum atomic E-state index is -1.48.